The SMILES string of the molecule is CCn1c(NCc2c(F)ccc3c2CCO3)ncc(-c2ccc(S(C)(=O)=O)cc2)c1=O. The van der Waals surface area contributed by atoms with E-state index in [1.54, 1.807) is 18.2 Å². The van der Waals surface area contributed by atoms with Gasteiger partial charge in [0.1, 0.15) is 11.6 Å². The summed E-state index contributed by atoms with van der Waals surface area (Å²) < 4.78 is 44.7. The minimum Gasteiger partial charge on any atom is -0.493 e. The van der Waals surface area contributed by atoms with Crippen LogP contribution in [-0.4, -0.2) is 30.8 Å². The molecule has 0 spiro atoms. The highest BCUT2D eigenvalue weighted by atomic mass is 32.2. The Morgan fingerprint density at radius 3 is 2.61 bits per heavy atom. The van der Waals surface area contributed by atoms with Crippen molar-refractivity contribution in [1.82, 2.24) is 9.55 Å². The Morgan fingerprint density at radius 1 is 1.19 bits per heavy atom. The van der Waals surface area contributed by atoms with Gasteiger partial charge < -0.3 is 10.1 Å². The van der Waals surface area contributed by atoms with Gasteiger partial charge in [-0.2, -0.15) is 0 Å². The summed E-state index contributed by atoms with van der Waals surface area (Å²) in [6, 6.07) is 9.12. The molecule has 1 aliphatic heterocycles. The molecule has 0 unspecified atom stereocenters. The number of hydrogen-bond acceptors (Lipinski definition) is 6. The van der Waals surface area contributed by atoms with Crippen LogP contribution >= 0.6 is 0 Å². The van der Waals surface area contributed by atoms with E-state index in [0.29, 0.717) is 48.0 Å². The number of nitrogens with zero attached hydrogens (tertiary/aromatic N) is 2. The van der Waals surface area contributed by atoms with Gasteiger partial charge in [-0.3, -0.25) is 9.36 Å². The van der Waals surface area contributed by atoms with Crippen molar-refractivity contribution in [3.63, 3.8) is 0 Å². The van der Waals surface area contributed by atoms with Crippen molar-refractivity contribution in [2.24, 2.45) is 0 Å². The first-order chi connectivity index (χ1) is 14.8. The molecule has 2 heterocycles. The summed E-state index contributed by atoms with van der Waals surface area (Å²) in [5, 5.41) is 3.08. The van der Waals surface area contributed by atoms with Crippen LogP contribution in [0.5, 0.6) is 5.75 Å². The van der Waals surface area contributed by atoms with Gasteiger partial charge in [0, 0.05) is 43.1 Å². The average molecular weight is 444 g/mol. The van der Waals surface area contributed by atoms with Crippen molar-refractivity contribution in [3.05, 3.63) is 69.9 Å². The van der Waals surface area contributed by atoms with E-state index in [4.69, 9.17) is 4.74 Å². The number of hydrogen-bond donors (Lipinski definition) is 1. The zero-order chi connectivity index (χ0) is 22.2. The molecule has 0 aliphatic carbocycles. The highest BCUT2D eigenvalue weighted by molar-refractivity contribution is 7.90. The third-order valence-electron chi connectivity index (χ3n) is 5.32. The molecule has 7 nitrogen and oxygen atoms in total. The van der Waals surface area contributed by atoms with Crippen molar-refractivity contribution in [3.8, 4) is 16.9 Å². The average Bonchev–Trinajstić information content (AvgIpc) is 3.21. The molecule has 1 N–H and O–H groups in total. The molecule has 1 aromatic heterocycles. The molecule has 2 aromatic carbocycles. The van der Waals surface area contributed by atoms with Crippen LogP contribution in [0.25, 0.3) is 11.1 Å². The predicted molar refractivity (Wildman–Crippen MR) is 116 cm³/mol. The predicted octanol–water partition coefficient (Wildman–Crippen LogP) is 3.02. The second-order valence-corrected chi connectivity index (χ2v) is 9.31. The Morgan fingerprint density at radius 2 is 1.94 bits per heavy atom. The third kappa shape index (κ3) is 4.05. The molecule has 162 valence electrons. The van der Waals surface area contributed by atoms with E-state index in [0.717, 1.165) is 11.8 Å². The fourth-order valence-corrected chi connectivity index (χ4v) is 4.31. The molecule has 0 amide bonds. The smallest absolute Gasteiger partial charge is 0.262 e. The van der Waals surface area contributed by atoms with Gasteiger partial charge >= 0.3 is 0 Å². The normalized spacial score (nSPS) is 13.0. The standard InChI is InChI=1S/C22H22FN3O4S/c1-3-26-21(27)17(14-4-6-15(7-5-14)31(2,28)29)12-24-22(26)25-13-18-16-10-11-30-20(16)9-8-19(18)23/h4-9,12H,3,10-11,13H2,1-2H3,(H,24,25). The molecule has 9 heteroatoms. The quantitative estimate of drug-likeness (QED) is 0.630. The van der Waals surface area contributed by atoms with Crippen LogP contribution in [0.3, 0.4) is 0 Å². The van der Waals surface area contributed by atoms with Crippen LogP contribution in [0.2, 0.25) is 0 Å². The first-order valence-corrected chi connectivity index (χ1v) is 11.8. The van der Waals surface area contributed by atoms with E-state index >= 15 is 0 Å². The van der Waals surface area contributed by atoms with Gasteiger partial charge in [0.2, 0.25) is 5.95 Å². The van der Waals surface area contributed by atoms with Gasteiger partial charge in [0.05, 0.1) is 17.1 Å². The maximum Gasteiger partial charge on any atom is 0.262 e. The summed E-state index contributed by atoms with van der Waals surface area (Å²) in [6.45, 7) is 2.88. The first-order valence-electron chi connectivity index (χ1n) is 9.87. The van der Waals surface area contributed by atoms with Gasteiger partial charge in [-0.1, -0.05) is 12.1 Å². The highest BCUT2D eigenvalue weighted by Gasteiger charge is 2.20. The lowest BCUT2D eigenvalue weighted by atomic mass is 10.0. The number of rotatable bonds is 6. The number of ether oxygens (including phenoxy) is 1. The summed E-state index contributed by atoms with van der Waals surface area (Å²) in [4.78, 5) is 17.6. The number of anilines is 1. The maximum atomic E-state index is 14.4. The Balaban J connectivity index is 1.64. The maximum absolute atomic E-state index is 14.4. The third-order valence-corrected chi connectivity index (χ3v) is 6.45. The fraction of sp³-hybridized carbons (Fsp3) is 0.273. The van der Waals surface area contributed by atoms with Gasteiger partial charge in [0.15, 0.2) is 9.84 Å². The zero-order valence-corrected chi connectivity index (χ0v) is 18.0. The molecule has 0 radical (unpaired) electrons. The number of nitrogens with one attached hydrogen (secondary N) is 1. The molecule has 0 atom stereocenters. The largest absolute Gasteiger partial charge is 0.493 e. The zero-order valence-electron chi connectivity index (χ0n) is 17.2. The van der Waals surface area contributed by atoms with Crippen molar-refractivity contribution in [2.45, 2.75) is 31.3 Å². The highest BCUT2D eigenvalue weighted by Crippen LogP contribution is 2.30. The van der Waals surface area contributed by atoms with Crippen molar-refractivity contribution in [2.75, 3.05) is 18.2 Å². The summed E-state index contributed by atoms with van der Waals surface area (Å²) in [7, 11) is -3.32. The minimum absolute atomic E-state index is 0.174. The molecule has 0 bridgehead atoms. The van der Waals surface area contributed by atoms with Crippen LogP contribution in [0.1, 0.15) is 18.1 Å². The number of benzene rings is 2. The summed E-state index contributed by atoms with van der Waals surface area (Å²) in [6.07, 6.45) is 3.22. The molecular weight excluding hydrogens is 421 g/mol. The summed E-state index contributed by atoms with van der Waals surface area (Å²) in [5.74, 6) is 0.691. The Kier molecular flexibility index (Phi) is 5.53. The van der Waals surface area contributed by atoms with Gasteiger partial charge in [-0.05, 0) is 36.8 Å². The summed E-state index contributed by atoms with van der Waals surface area (Å²) in [5.41, 5.74) is 2.00. The van der Waals surface area contributed by atoms with E-state index < -0.39 is 9.84 Å². The van der Waals surface area contributed by atoms with Crippen LogP contribution < -0.4 is 15.6 Å². The van der Waals surface area contributed by atoms with Crippen molar-refractivity contribution in [1.29, 1.82) is 0 Å². The van der Waals surface area contributed by atoms with Gasteiger partial charge in [-0.25, -0.2) is 17.8 Å². The topological polar surface area (TPSA) is 90.3 Å². The molecular formula is C22H22FN3O4S. The molecule has 0 fully saturated rings. The molecule has 1 aliphatic rings. The van der Waals surface area contributed by atoms with Crippen LogP contribution in [0, 0.1) is 5.82 Å². The number of aromatic nitrogens is 2. The van der Waals surface area contributed by atoms with E-state index in [1.807, 2.05) is 6.92 Å². The van der Waals surface area contributed by atoms with E-state index in [2.05, 4.69) is 10.3 Å². The van der Waals surface area contributed by atoms with Crippen molar-refractivity contribution >= 4 is 15.8 Å². The molecule has 0 saturated carbocycles. The second-order valence-electron chi connectivity index (χ2n) is 7.30. The van der Waals surface area contributed by atoms with Crippen LogP contribution in [0.4, 0.5) is 10.3 Å². The minimum atomic E-state index is -3.32. The van der Waals surface area contributed by atoms with Gasteiger partial charge in [-0.15, -0.1) is 0 Å². The second kappa shape index (κ2) is 8.14. The Hall–Kier alpha value is -3.20. The number of fused-ring (bicyclic) bond motifs is 1. The first kappa shape index (κ1) is 21.0. The molecule has 0 saturated heterocycles. The molecule has 3 aromatic rings. The van der Waals surface area contributed by atoms with E-state index in [1.165, 1.54) is 29.0 Å². The lowest BCUT2D eigenvalue weighted by Crippen LogP contribution is -2.25. The van der Waals surface area contributed by atoms with E-state index in [-0.39, 0.29) is 22.8 Å². The fourth-order valence-electron chi connectivity index (χ4n) is 3.68. The number of halogens is 1. The molecule has 4 rings (SSSR count). The van der Waals surface area contributed by atoms with Crippen LogP contribution in [-0.2, 0) is 29.3 Å². The van der Waals surface area contributed by atoms with E-state index in [9.17, 15) is 17.6 Å². The molecule has 31 heavy (non-hydrogen) atoms. The number of sulfone groups is 1. The van der Waals surface area contributed by atoms with Crippen LogP contribution in [0.15, 0.2) is 52.3 Å². The lowest BCUT2D eigenvalue weighted by Gasteiger charge is -2.15. The Bertz CT molecular complexity index is 1300. The van der Waals surface area contributed by atoms with Crippen molar-refractivity contribution < 1.29 is 17.5 Å². The monoisotopic (exact) mass is 443 g/mol. The van der Waals surface area contributed by atoms with Gasteiger partial charge in [0.25, 0.3) is 5.56 Å². The Labute approximate surface area is 179 Å². The summed E-state index contributed by atoms with van der Waals surface area (Å²) >= 11 is 0. The lowest BCUT2D eigenvalue weighted by molar-refractivity contribution is 0.356.